The van der Waals surface area contributed by atoms with Gasteiger partial charge >= 0.3 is 5.97 Å². The van der Waals surface area contributed by atoms with E-state index in [9.17, 15) is 9.90 Å². The van der Waals surface area contributed by atoms with Crippen molar-refractivity contribution in [3.05, 3.63) is 24.3 Å². The minimum absolute atomic E-state index is 0.204. The fourth-order valence-electron chi connectivity index (χ4n) is 2.49. The molecule has 1 aromatic carbocycles. The molecule has 2 unspecified atom stereocenters. The number of carboxylic acid groups (broad SMARTS) is 1. The molecule has 2 rings (SSSR count). The van der Waals surface area contributed by atoms with Crippen molar-refractivity contribution in [1.29, 1.82) is 0 Å². The Hall–Kier alpha value is -1.46. The van der Waals surface area contributed by atoms with Crippen molar-refractivity contribution in [1.82, 2.24) is 0 Å². The molecule has 1 heterocycles. The maximum absolute atomic E-state index is 11.1. The lowest BCUT2D eigenvalue weighted by atomic mass is 9.98. The van der Waals surface area contributed by atoms with Gasteiger partial charge in [-0.15, -0.1) is 11.6 Å². The van der Waals surface area contributed by atoms with E-state index in [1.807, 2.05) is 24.3 Å². The first-order valence-corrected chi connectivity index (χ1v) is 7.69. The quantitative estimate of drug-likeness (QED) is 0.701. The third kappa shape index (κ3) is 4.51. The predicted octanol–water partition coefficient (Wildman–Crippen LogP) is 2.00. The molecule has 3 N–H and O–H groups in total. The van der Waals surface area contributed by atoms with Crippen molar-refractivity contribution in [2.45, 2.75) is 18.9 Å². The second-order valence-corrected chi connectivity index (χ2v) is 5.67. The number of anilines is 2. The summed E-state index contributed by atoms with van der Waals surface area (Å²) in [7, 11) is 0. The van der Waals surface area contributed by atoms with Crippen molar-refractivity contribution >= 4 is 28.9 Å². The molecule has 1 saturated heterocycles. The number of carbonyl (C=O) groups is 1. The highest BCUT2D eigenvalue weighted by atomic mass is 35.5. The van der Waals surface area contributed by atoms with Crippen LogP contribution in [0.4, 0.5) is 11.4 Å². The second-order valence-electron chi connectivity index (χ2n) is 5.36. The molecule has 6 heteroatoms. The topological polar surface area (TPSA) is 72.8 Å². The third-order valence-corrected chi connectivity index (χ3v) is 4.08. The monoisotopic (exact) mass is 312 g/mol. The van der Waals surface area contributed by atoms with E-state index in [2.05, 4.69) is 10.2 Å². The Kier molecular flexibility index (Phi) is 5.70. The zero-order valence-electron chi connectivity index (χ0n) is 11.8. The molecule has 0 aliphatic carbocycles. The third-order valence-electron chi connectivity index (χ3n) is 3.72. The van der Waals surface area contributed by atoms with Crippen LogP contribution < -0.4 is 10.2 Å². The van der Waals surface area contributed by atoms with E-state index in [4.69, 9.17) is 16.7 Å². The molecule has 116 valence electrons. The van der Waals surface area contributed by atoms with E-state index in [0.717, 1.165) is 30.8 Å². The Morgan fingerprint density at radius 1 is 1.43 bits per heavy atom. The highest BCUT2D eigenvalue weighted by molar-refractivity contribution is 6.18. The van der Waals surface area contributed by atoms with Crippen LogP contribution in [0.5, 0.6) is 0 Å². The normalized spacial score (nSPS) is 20.1. The van der Waals surface area contributed by atoms with Crippen LogP contribution in [0, 0.1) is 5.92 Å². The van der Waals surface area contributed by atoms with Crippen LogP contribution in [0.15, 0.2) is 24.3 Å². The number of rotatable bonds is 6. The minimum Gasteiger partial charge on any atom is -0.481 e. The lowest BCUT2D eigenvalue weighted by molar-refractivity contribution is -0.141. The summed E-state index contributed by atoms with van der Waals surface area (Å²) >= 11 is 5.54. The van der Waals surface area contributed by atoms with E-state index in [-0.39, 0.29) is 11.8 Å². The Bertz CT molecular complexity index is 466. The van der Waals surface area contributed by atoms with Crippen molar-refractivity contribution < 1.29 is 15.0 Å². The maximum Gasteiger partial charge on any atom is 0.308 e. The molecule has 0 bridgehead atoms. The molecule has 1 aromatic rings. The van der Waals surface area contributed by atoms with E-state index >= 15 is 0 Å². The van der Waals surface area contributed by atoms with Gasteiger partial charge in [0.15, 0.2) is 0 Å². The molecule has 1 fully saturated rings. The van der Waals surface area contributed by atoms with Gasteiger partial charge in [-0.2, -0.15) is 0 Å². The maximum atomic E-state index is 11.1. The number of halogens is 1. The number of aliphatic carboxylic acids is 1. The van der Waals surface area contributed by atoms with Crippen molar-refractivity contribution in [3.8, 4) is 0 Å². The van der Waals surface area contributed by atoms with Gasteiger partial charge in [-0.25, -0.2) is 0 Å². The van der Waals surface area contributed by atoms with Crippen molar-refractivity contribution in [2.24, 2.45) is 5.92 Å². The van der Waals surface area contributed by atoms with Crippen LogP contribution in [0.1, 0.15) is 12.8 Å². The van der Waals surface area contributed by atoms with Gasteiger partial charge in [-0.3, -0.25) is 4.79 Å². The Morgan fingerprint density at radius 2 is 2.14 bits per heavy atom. The van der Waals surface area contributed by atoms with Gasteiger partial charge in [0, 0.05) is 31.0 Å². The molecular formula is C15H21ClN2O3. The fraction of sp³-hybridized carbons (Fsp3) is 0.533. The van der Waals surface area contributed by atoms with E-state index < -0.39 is 12.1 Å². The van der Waals surface area contributed by atoms with Gasteiger partial charge in [-0.1, -0.05) is 0 Å². The van der Waals surface area contributed by atoms with Crippen LogP contribution in [-0.2, 0) is 4.79 Å². The molecule has 1 aliphatic rings. The first kappa shape index (κ1) is 15.9. The molecule has 0 amide bonds. The van der Waals surface area contributed by atoms with Gasteiger partial charge in [0.1, 0.15) is 0 Å². The lowest BCUT2D eigenvalue weighted by Gasteiger charge is -2.32. The summed E-state index contributed by atoms with van der Waals surface area (Å²) in [6.07, 6.45) is 1.09. The summed E-state index contributed by atoms with van der Waals surface area (Å²) in [4.78, 5) is 13.2. The molecule has 0 radical (unpaired) electrons. The van der Waals surface area contributed by atoms with Gasteiger partial charge in [0.2, 0.25) is 0 Å². The smallest absolute Gasteiger partial charge is 0.308 e. The standard InChI is InChI=1S/C15H21ClN2O3/c16-8-14(19)9-17-12-3-5-13(6-4-12)18-7-1-2-11(10-18)15(20)21/h3-6,11,14,17,19H,1-2,7-10H2,(H,20,21). The van der Waals surface area contributed by atoms with Crippen LogP contribution in [0.2, 0.25) is 0 Å². The average molecular weight is 313 g/mol. The predicted molar refractivity (Wildman–Crippen MR) is 84.2 cm³/mol. The van der Waals surface area contributed by atoms with E-state index in [0.29, 0.717) is 13.1 Å². The first-order chi connectivity index (χ1) is 10.1. The highest BCUT2D eigenvalue weighted by Gasteiger charge is 2.25. The van der Waals surface area contributed by atoms with Crippen LogP contribution in [0.25, 0.3) is 0 Å². The second kappa shape index (κ2) is 7.52. The molecular weight excluding hydrogens is 292 g/mol. The summed E-state index contributed by atoms with van der Waals surface area (Å²) < 4.78 is 0. The van der Waals surface area contributed by atoms with Gasteiger partial charge < -0.3 is 20.4 Å². The summed E-state index contributed by atoms with van der Waals surface area (Å²) in [5.41, 5.74) is 1.94. The number of alkyl halides is 1. The Balaban J connectivity index is 1.93. The van der Waals surface area contributed by atoms with Gasteiger partial charge in [-0.05, 0) is 37.1 Å². The number of nitrogens with one attached hydrogen (secondary N) is 1. The lowest BCUT2D eigenvalue weighted by Crippen LogP contribution is -2.38. The van der Waals surface area contributed by atoms with Crippen LogP contribution >= 0.6 is 11.6 Å². The number of hydrogen-bond acceptors (Lipinski definition) is 4. The van der Waals surface area contributed by atoms with E-state index in [1.54, 1.807) is 0 Å². The summed E-state index contributed by atoms with van der Waals surface area (Å²) in [6, 6.07) is 7.81. The molecule has 5 nitrogen and oxygen atoms in total. The molecule has 0 spiro atoms. The number of benzene rings is 1. The fourth-order valence-corrected chi connectivity index (χ4v) is 2.60. The van der Waals surface area contributed by atoms with Crippen LogP contribution in [-0.4, -0.2) is 47.8 Å². The molecule has 0 saturated carbocycles. The zero-order chi connectivity index (χ0) is 15.2. The van der Waals surface area contributed by atoms with Crippen molar-refractivity contribution in [2.75, 3.05) is 35.7 Å². The molecule has 2 atom stereocenters. The summed E-state index contributed by atoms with van der Waals surface area (Å²) in [6.45, 7) is 1.86. The zero-order valence-corrected chi connectivity index (χ0v) is 12.6. The largest absolute Gasteiger partial charge is 0.481 e. The number of piperidine rings is 1. The number of aliphatic hydroxyl groups is 1. The average Bonchev–Trinajstić information content (AvgIpc) is 2.53. The Morgan fingerprint density at radius 3 is 2.76 bits per heavy atom. The Labute approximate surface area is 129 Å². The van der Waals surface area contributed by atoms with Crippen LogP contribution in [0.3, 0.4) is 0 Å². The summed E-state index contributed by atoms with van der Waals surface area (Å²) in [5, 5.41) is 21.6. The number of aliphatic hydroxyl groups excluding tert-OH is 1. The van der Waals surface area contributed by atoms with Gasteiger partial charge in [0.25, 0.3) is 0 Å². The SMILES string of the molecule is O=C(O)C1CCCN(c2ccc(NCC(O)CCl)cc2)C1. The highest BCUT2D eigenvalue weighted by Crippen LogP contribution is 2.24. The number of hydrogen-bond donors (Lipinski definition) is 3. The molecule has 1 aliphatic heterocycles. The molecule has 21 heavy (non-hydrogen) atoms. The summed E-state index contributed by atoms with van der Waals surface area (Å²) in [5.74, 6) is -0.793. The molecule has 0 aromatic heterocycles. The number of carboxylic acids is 1. The van der Waals surface area contributed by atoms with Gasteiger partial charge in [0.05, 0.1) is 17.9 Å². The number of nitrogens with zero attached hydrogens (tertiary/aromatic N) is 1. The van der Waals surface area contributed by atoms with E-state index in [1.165, 1.54) is 0 Å². The minimum atomic E-state index is -0.715. The first-order valence-electron chi connectivity index (χ1n) is 7.16. The van der Waals surface area contributed by atoms with Crippen molar-refractivity contribution in [3.63, 3.8) is 0 Å².